The number of carbonyl (C=O) groups excluding carboxylic acids is 1. The van der Waals surface area contributed by atoms with Gasteiger partial charge < -0.3 is 14.1 Å². The molecule has 136 valence electrons. The number of hydrogen-bond donors (Lipinski definition) is 1. The van der Waals surface area contributed by atoms with Crippen LogP contribution in [0.5, 0.6) is 0 Å². The molecule has 0 unspecified atom stereocenters. The minimum absolute atomic E-state index is 0.0623. The van der Waals surface area contributed by atoms with Crippen LogP contribution in [0, 0.1) is 0 Å². The van der Waals surface area contributed by atoms with Gasteiger partial charge in [-0.2, -0.15) is 0 Å². The fraction of sp³-hybridized carbons (Fsp3) is 0.150. The van der Waals surface area contributed by atoms with Crippen molar-refractivity contribution in [2.45, 2.75) is 19.4 Å². The lowest BCUT2D eigenvalue weighted by Gasteiger charge is -2.01. The van der Waals surface area contributed by atoms with Crippen LogP contribution in [0.25, 0.3) is 17.0 Å². The molecule has 0 aliphatic heterocycles. The summed E-state index contributed by atoms with van der Waals surface area (Å²) in [5.74, 6) is 1.20. The summed E-state index contributed by atoms with van der Waals surface area (Å²) >= 11 is 3.43. The van der Waals surface area contributed by atoms with E-state index in [4.69, 9.17) is 4.42 Å². The third-order valence-corrected chi connectivity index (χ3v) is 4.58. The second-order valence-corrected chi connectivity index (χ2v) is 7.02. The SMILES string of the molecule is O=C(CCc1ncc(-c2ccccc2)o1)NCc1cn2cc(Br)ccc2n1. The van der Waals surface area contributed by atoms with Crippen molar-refractivity contribution in [2.24, 2.45) is 0 Å². The Morgan fingerprint density at radius 2 is 2.00 bits per heavy atom. The molecule has 0 spiro atoms. The largest absolute Gasteiger partial charge is 0.441 e. The first-order valence-electron chi connectivity index (χ1n) is 8.57. The molecule has 1 N–H and O–H groups in total. The molecule has 1 amide bonds. The molecule has 4 aromatic rings. The number of carbonyl (C=O) groups is 1. The number of rotatable bonds is 6. The van der Waals surface area contributed by atoms with Crippen LogP contribution in [0.2, 0.25) is 0 Å². The number of pyridine rings is 1. The first-order chi connectivity index (χ1) is 13.2. The van der Waals surface area contributed by atoms with Crippen molar-refractivity contribution in [3.8, 4) is 11.3 Å². The summed E-state index contributed by atoms with van der Waals surface area (Å²) in [7, 11) is 0. The summed E-state index contributed by atoms with van der Waals surface area (Å²) in [6, 6.07) is 13.6. The molecule has 0 fully saturated rings. The number of fused-ring (bicyclic) bond motifs is 1. The number of aromatic nitrogens is 3. The molecule has 1 aromatic carbocycles. The molecule has 7 heteroatoms. The number of benzene rings is 1. The Morgan fingerprint density at radius 1 is 1.15 bits per heavy atom. The topological polar surface area (TPSA) is 72.4 Å². The Balaban J connectivity index is 1.30. The second-order valence-electron chi connectivity index (χ2n) is 6.11. The Labute approximate surface area is 164 Å². The van der Waals surface area contributed by atoms with Gasteiger partial charge in [0, 0.05) is 35.3 Å². The van der Waals surface area contributed by atoms with Crippen LogP contribution in [-0.4, -0.2) is 20.3 Å². The van der Waals surface area contributed by atoms with Gasteiger partial charge in [-0.25, -0.2) is 9.97 Å². The van der Waals surface area contributed by atoms with Crippen LogP contribution in [0.4, 0.5) is 0 Å². The van der Waals surface area contributed by atoms with E-state index in [1.165, 1.54) is 0 Å². The molecule has 3 heterocycles. The minimum Gasteiger partial charge on any atom is -0.441 e. The van der Waals surface area contributed by atoms with Crippen LogP contribution in [0.3, 0.4) is 0 Å². The lowest BCUT2D eigenvalue weighted by Crippen LogP contribution is -2.23. The lowest BCUT2D eigenvalue weighted by atomic mass is 10.2. The third-order valence-electron chi connectivity index (χ3n) is 4.11. The van der Waals surface area contributed by atoms with E-state index in [2.05, 4.69) is 31.2 Å². The number of nitrogens with one attached hydrogen (secondary N) is 1. The Morgan fingerprint density at radius 3 is 2.85 bits per heavy atom. The van der Waals surface area contributed by atoms with Gasteiger partial charge in [-0.15, -0.1) is 0 Å². The van der Waals surface area contributed by atoms with E-state index in [1.807, 2.05) is 59.3 Å². The van der Waals surface area contributed by atoms with Gasteiger partial charge in [-0.1, -0.05) is 30.3 Å². The summed E-state index contributed by atoms with van der Waals surface area (Å²) < 4.78 is 8.62. The number of aryl methyl sites for hydroxylation is 1. The predicted octanol–water partition coefficient (Wildman–Crippen LogP) is 4.00. The summed E-state index contributed by atoms with van der Waals surface area (Å²) in [5, 5.41) is 2.89. The predicted molar refractivity (Wildman–Crippen MR) is 105 cm³/mol. The number of amides is 1. The molecule has 6 nitrogen and oxygen atoms in total. The molecule has 0 aliphatic carbocycles. The number of hydrogen-bond acceptors (Lipinski definition) is 4. The zero-order valence-corrected chi connectivity index (χ0v) is 16.0. The Hall–Kier alpha value is -2.93. The zero-order valence-electron chi connectivity index (χ0n) is 14.4. The fourth-order valence-corrected chi connectivity index (χ4v) is 3.11. The van der Waals surface area contributed by atoms with Crippen molar-refractivity contribution in [2.75, 3.05) is 0 Å². The minimum atomic E-state index is -0.0623. The number of halogens is 1. The maximum atomic E-state index is 12.1. The van der Waals surface area contributed by atoms with Crippen LogP contribution < -0.4 is 5.32 Å². The van der Waals surface area contributed by atoms with Crippen molar-refractivity contribution in [1.29, 1.82) is 0 Å². The van der Waals surface area contributed by atoms with Crippen LogP contribution in [0.1, 0.15) is 18.0 Å². The Bertz CT molecular complexity index is 1070. The highest BCUT2D eigenvalue weighted by Crippen LogP contribution is 2.20. The molecule has 3 aromatic heterocycles. The van der Waals surface area contributed by atoms with Gasteiger partial charge >= 0.3 is 0 Å². The van der Waals surface area contributed by atoms with Crippen LogP contribution in [-0.2, 0) is 17.8 Å². The summed E-state index contributed by atoms with van der Waals surface area (Å²) in [5.41, 5.74) is 2.62. The zero-order chi connectivity index (χ0) is 18.6. The average molecular weight is 425 g/mol. The highest BCUT2D eigenvalue weighted by atomic mass is 79.9. The normalized spacial score (nSPS) is 11.0. The maximum absolute atomic E-state index is 12.1. The average Bonchev–Trinajstić information content (AvgIpc) is 3.32. The molecule has 0 atom stereocenters. The second kappa shape index (κ2) is 7.75. The summed E-state index contributed by atoms with van der Waals surface area (Å²) in [4.78, 5) is 20.8. The first-order valence-corrected chi connectivity index (χ1v) is 9.36. The van der Waals surface area contributed by atoms with E-state index < -0.39 is 0 Å². The molecule has 0 radical (unpaired) electrons. The summed E-state index contributed by atoms with van der Waals surface area (Å²) in [6.07, 6.45) is 6.29. The van der Waals surface area contributed by atoms with Crippen molar-refractivity contribution < 1.29 is 9.21 Å². The standard InChI is InChI=1S/C20H17BrN4O2/c21-15-6-7-18-24-16(13-25(18)12-15)10-22-19(26)8-9-20-23-11-17(27-20)14-4-2-1-3-5-14/h1-7,11-13H,8-10H2,(H,22,26). The summed E-state index contributed by atoms with van der Waals surface area (Å²) in [6.45, 7) is 0.388. The van der Waals surface area contributed by atoms with E-state index in [0.717, 1.165) is 21.4 Å². The van der Waals surface area contributed by atoms with Crippen LogP contribution in [0.15, 0.2) is 69.9 Å². The lowest BCUT2D eigenvalue weighted by molar-refractivity contribution is -0.121. The molecule has 0 bridgehead atoms. The van der Waals surface area contributed by atoms with Gasteiger partial charge in [0.05, 0.1) is 18.4 Å². The van der Waals surface area contributed by atoms with Crippen molar-refractivity contribution in [3.05, 3.63) is 77.1 Å². The molecule has 4 rings (SSSR count). The van der Waals surface area contributed by atoms with Crippen molar-refractivity contribution >= 4 is 27.5 Å². The quantitative estimate of drug-likeness (QED) is 0.507. The maximum Gasteiger partial charge on any atom is 0.220 e. The molecular formula is C20H17BrN4O2. The van der Waals surface area contributed by atoms with Crippen molar-refractivity contribution in [1.82, 2.24) is 19.7 Å². The molecule has 27 heavy (non-hydrogen) atoms. The van der Waals surface area contributed by atoms with E-state index in [9.17, 15) is 4.79 Å². The van der Waals surface area contributed by atoms with E-state index in [1.54, 1.807) is 6.20 Å². The fourth-order valence-electron chi connectivity index (χ4n) is 2.76. The number of nitrogens with zero attached hydrogens (tertiary/aromatic N) is 3. The monoisotopic (exact) mass is 424 g/mol. The molecule has 0 saturated heterocycles. The molecular weight excluding hydrogens is 408 g/mol. The number of imidazole rings is 1. The molecule has 0 saturated carbocycles. The van der Waals surface area contributed by atoms with Gasteiger partial charge in [0.15, 0.2) is 11.7 Å². The van der Waals surface area contributed by atoms with E-state index in [-0.39, 0.29) is 5.91 Å². The molecule has 0 aliphatic rings. The van der Waals surface area contributed by atoms with Gasteiger partial charge in [-0.3, -0.25) is 4.79 Å². The third kappa shape index (κ3) is 4.25. The first kappa shape index (κ1) is 17.5. The van der Waals surface area contributed by atoms with E-state index in [0.29, 0.717) is 31.0 Å². The number of oxazole rings is 1. The van der Waals surface area contributed by atoms with Gasteiger partial charge in [0.1, 0.15) is 5.65 Å². The van der Waals surface area contributed by atoms with Crippen molar-refractivity contribution in [3.63, 3.8) is 0 Å². The van der Waals surface area contributed by atoms with Gasteiger partial charge in [0.25, 0.3) is 0 Å². The highest BCUT2D eigenvalue weighted by molar-refractivity contribution is 9.10. The van der Waals surface area contributed by atoms with E-state index >= 15 is 0 Å². The van der Waals surface area contributed by atoms with Crippen LogP contribution >= 0.6 is 15.9 Å². The highest BCUT2D eigenvalue weighted by Gasteiger charge is 2.09. The van der Waals surface area contributed by atoms with Gasteiger partial charge in [0.2, 0.25) is 5.91 Å². The smallest absolute Gasteiger partial charge is 0.220 e. The van der Waals surface area contributed by atoms with Gasteiger partial charge in [-0.05, 0) is 28.1 Å². The Kier molecular flexibility index (Phi) is 5.02.